The number of hydrogen-bond donors (Lipinski definition) is 2. The van der Waals surface area contributed by atoms with Crippen LogP contribution in [0.25, 0.3) is 0 Å². The number of furan rings is 1. The second kappa shape index (κ2) is 6.33. The first-order valence-corrected chi connectivity index (χ1v) is 5.62. The minimum Gasteiger partial charge on any atom is -0.467 e. The molecule has 0 aliphatic carbocycles. The number of nitrogens with two attached hydrogens (primary N) is 1. The minimum atomic E-state index is 0.0283. The van der Waals surface area contributed by atoms with Gasteiger partial charge in [-0.1, -0.05) is 13.8 Å². The average molecular weight is 224 g/mol. The topological polar surface area (TPSA) is 68.3 Å². The van der Waals surface area contributed by atoms with E-state index in [9.17, 15) is 4.79 Å². The lowest BCUT2D eigenvalue weighted by Gasteiger charge is -2.17. The van der Waals surface area contributed by atoms with Crippen molar-refractivity contribution in [3.63, 3.8) is 0 Å². The minimum absolute atomic E-state index is 0.0283. The van der Waals surface area contributed by atoms with Gasteiger partial charge in [-0.15, -0.1) is 0 Å². The Labute approximate surface area is 96.2 Å². The number of nitrogens with one attached hydrogen (secondary N) is 1. The van der Waals surface area contributed by atoms with E-state index in [4.69, 9.17) is 10.2 Å². The van der Waals surface area contributed by atoms with Crippen LogP contribution < -0.4 is 11.1 Å². The number of carbonyl (C=O) groups is 1. The fraction of sp³-hybridized carbons (Fsp3) is 0.583. The molecule has 1 aromatic rings. The van der Waals surface area contributed by atoms with Gasteiger partial charge >= 0.3 is 0 Å². The van der Waals surface area contributed by atoms with Crippen LogP contribution in [0.4, 0.5) is 0 Å². The molecule has 0 radical (unpaired) electrons. The third-order valence-corrected chi connectivity index (χ3v) is 2.73. The molecule has 3 N–H and O–H groups in total. The summed E-state index contributed by atoms with van der Waals surface area (Å²) < 4.78 is 5.12. The molecule has 0 saturated carbocycles. The Hall–Kier alpha value is -1.29. The van der Waals surface area contributed by atoms with E-state index in [-0.39, 0.29) is 11.8 Å². The van der Waals surface area contributed by atoms with Gasteiger partial charge < -0.3 is 15.5 Å². The number of carbonyl (C=O) groups excluding carboxylic acids is 1. The molecule has 90 valence electrons. The van der Waals surface area contributed by atoms with E-state index >= 15 is 0 Å². The molecule has 1 heterocycles. The van der Waals surface area contributed by atoms with E-state index in [0.29, 0.717) is 25.4 Å². The molecular weight excluding hydrogens is 204 g/mol. The Morgan fingerprint density at radius 2 is 2.31 bits per heavy atom. The number of rotatable bonds is 6. The van der Waals surface area contributed by atoms with Gasteiger partial charge in [-0.25, -0.2) is 0 Å². The zero-order chi connectivity index (χ0) is 12.0. The van der Waals surface area contributed by atoms with Crippen molar-refractivity contribution in [3.8, 4) is 0 Å². The van der Waals surface area contributed by atoms with Crippen LogP contribution in [-0.4, -0.2) is 12.5 Å². The van der Waals surface area contributed by atoms with E-state index in [0.717, 1.165) is 5.76 Å². The molecule has 4 heteroatoms. The molecule has 16 heavy (non-hydrogen) atoms. The average Bonchev–Trinajstić information content (AvgIpc) is 2.75. The van der Waals surface area contributed by atoms with Crippen molar-refractivity contribution in [3.05, 3.63) is 24.2 Å². The molecular formula is C12H20N2O2. The summed E-state index contributed by atoms with van der Waals surface area (Å²) >= 11 is 0. The first kappa shape index (κ1) is 12.8. The van der Waals surface area contributed by atoms with Crippen molar-refractivity contribution in [2.45, 2.75) is 26.8 Å². The summed E-state index contributed by atoms with van der Waals surface area (Å²) in [5.74, 6) is 1.47. The van der Waals surface area contributed by atoms with E-state index in [2.05, 4.69) is 19.2 Å². The maximum absolute atomic E-state index is 11.6. The van der Waals surface area contributed by atoms with E-state index < -0.39 is 0 Å². The first-order chi connectivity index (χ1) is 7.63. The molecule has 0 fully saturated rings. The van der Waals surface area contributed by atoms with Gasteiger partial charge in [0.05, 0.1) is 12.8 Å². The smallest absolute Gasteiger partial charge is 0.220 e. The van der Waals surface area contributed by atoms with Crippen LogP contribution in [-0.2, 0) is 11.3 Å². The van der Waals surface area contributed by atoms with Gasteiger partial charge in [-0.2, -0.15) is 0 Å². The highest BCUT2D eigenvalue weighted by Gasteiger charge is 2.15. The molecule has 1 unspecified atom stereocenters. The van der Waals surface area contributed by atoms with Crippen LogP contribution in [0.5, 0.6) is 0 Å². The molecule has 1 aromatic heterocycles. The fourth-order valence-corrected chi connectivity index (χ4v) is 1.50. The van der Waals surface area contributed by atoms with E-state index in [1.165, 1.54) is 0 Å². The van der Waals surface area contributed by atoms with Gasteiger partial charge in [-0.05, 0) is 30.5 Å². The highest BCUT2D eigenvalue weighted by Crippen LogP contribution is 2.13. The van der Waals surface area contributed by atoms with Crippen molar-refractivity contribution in [2.24, 2.45) is 17.6 Å². The van der Waals surface area contributed by atoms with Crippen molar-refractivity contribution >= 4 is 5.91 Å². The summed E-state index contributed by atoms with van der Waals surface area (Å²) in [6.45, 7) is 5.15. The normalized spacial score (nSPS) is 12.8. The molecule has 0 aliphatic heterocycles. The highest BCUT2D eigenvalue weighted by atomic mass is 16.3. The summed E-state index contributed by atoms with van der Waals surface area (Å²) in [5, 5.41) is 2.82. The Kier molecular flexibility index (Phi) is 5.05. The molecule has 0 bridgehead atoms. The second-order valence-corrected chi connectivity index (χ2v) is 4.30. The Morgan fingerprint density at radius 3 is 2.81 bits per heavy atom. The second-order valence-electron chi connectivity index (χ2n) is 4.30. The van der Waals surface area contributed by atoms with Crippen molar-refractivity contribution in [1.82, 2.24) is 5.32 Å². The van der Waals surface area contributed by atoms with Gasteiger partial charge in [-0.3, -0.25) is 4.79 Å². The fourth-order valence-electron chi connectivity index (χ4n) is 1.50. The molecule has 0 aliphatic rings. The van der Waals surface area contributed by atoms with Gasteiger partial charge in [0.1, 0.15) is 5.76 Å². The monoisotopic (exact) mass is 224 g/mol. The molecule has 0 saturated heterocycles. The third kappa shape index (κ3) is 4.06. The van der Waals surface area contributed by atoms with Crippen LogP contribution in [0.3, 0.4) is 0 Å². The quantitative estimate of drug-likeness (QED) is 0.769. The van der Waals surface area contributed by atoms with Crippen LogP contribution in [0.15, 0.2) is 22.8 Å². The third-order valence-electron chi connectivity index (χ3n) is 2.73. The summed E-state index contributed by atoms with van der Waals surface area (Å²) in [7, 11) is 0. The molecule has 0 spiro atoms. The molecule has 1 amide bonds. The van der Waals surface area contributed by atoms with Gasteiger partial charge in [0, 0.05) is 6.42 Å². The SMILES string of the molecule is CC(C)C(CN)CC(=O)NCc1ccco1. The lowest BCUT2D eigenvalue weighted by molar-refractivity contribution is -0.122. The van der Waals surface area contributed by atoms with Crippen LogP contribution in [0, 0.1) is 11.8 Å². The van der Waals surface area contributed by atoms with Crippen LogP contribution in [0.1, 0.15) is 26.0 Å². The predicted molar refractivity (Wildman–Crippen MR) is 62.6 cm³/mol. The maximum Gasteiger partial charge on any atom is 0.220 e. The largest absolute Gasteiger partial charge is 0.467 e. The first-order valence-electron chi connectivity index (χ1n) is 5.62. The van der Waals surface area contributed by atoms with Crippen LogP contribution >= 0.6 is 0 Å². The van der Waals surface area contributed by atoms with Crippen molar-refractivity contribution in [1.29, 1.82) is 0 Å². The zero-order valence-electron chi connectivity index (χ0n) is 9.90. The summed E-state index contributed by atoms with van der Waals surface area (Å²) in [6.07, 6.45) is 2.08. The molecule has 1 rings (SSSR count). The standard InChI is InChI=1S/C12H20N2O2/c1-9(2)10(7-13)6-12(15)14-8-11-4-3-5-16-11/h3-5,9-10H,6-8,13H2,1-2H3,(H,14,15). The summed E-state index contributed by atoms with van der Waals surface area (Å²) in [5.41, 5.74) is 5.61. The lowest BCUT2D eigenvalue weighted by atomic mass is 9.92. The number of hydrogen-bond acceptors (Lipinski definition) is 3. The number of amides is 1. The van der Waals surface area contributed by atoms with Crippen molar-refractivity contribution in [2.75, 3.05) is 6.54 Å². The van der Waals surface area contributed by atoms with Gasteiger partial charge in [0.2, 0.25) is 5.91 Å². The highest BCUT2D eigenvalue weighted by molar-refractivity contribution is 5.76. The molecule has 0 aromatic carbocycles. The van der Waals surface area contributed by atoms with Crippen molar-refractivity contribution < 1.29 is 9.21 Å². The van der Waals surface area contributed by atoms with E-state index in [1.807, 2.05) is 6.07 Å². The Balaban J connectivity index is 2.30. The van der Waals surface area contributed by atoms with E-state index in [1.54, 1.807) is 12.3 Å². The Morgan fingerprint density at radius 1 is 1.56 bits per heavy atom. The molecule has 4 nitrogen and oxygen atoms in total. The zero-order valence-corrected chi connectivity index (χ0v) is 9.90. The molecule has 1 atom stereocenters. The summed E-state index contributed by atoms with van der Waals surface area (Å²) in [4.78, 5) is 11.6. The van der Waals surface area contributed by atoms with Crippen LogP contribution in [0.2, 0.25) is 0 Å². The maximum atomic E-state index is 11.6. The van der Waals surface area contributed by atoms with Gasteiger partial charge in [0.25, 0.3) is 0 Å². The summed E-state index contributed by atoms with van der Waals surface area (Å²) in [6, 6.07) is 3.64. The predicted octanol–water partition coefficient (Wildman–Crippen LogP) is 1.52. The van der Waals surface area contributed by atoms with Gasteiger partial charge in [0.15, 0.2) is 0 Å². The Bertz CT molecular complexity index is 307. The lowest BCUT2D eigenvalue weighted by Crippen LogP contribution is -2.30.